The van der Waals surface area contributed by atoms with E-state index >= 15 is 0 Å². The molecule has 1 aromatic carbocycles. The molecule has 0 unspecified atom stereocenters. The van der Waals surface area contributed by atoms with E-state index in [0.29, 0.717) is 11.4 Å². The first-order valence-corrected chi connectivity index (χ1v) is 5.49. The number of para-hydroxylation sites is 1. The number of anilines is 1. The minimum atomic E-state index is 0.189. The first-order chi connectivity index (χ1) is 8.15. The van der Waals surface area contributed by atoms with Gasteiger partial charge in [-0.1, -0.05) is 32.0 Å². The first-order valence-electron chi connectivity index (χ1n) is 5.49. The molecule has 4 nitrogen and oxygen atoms in total. The van der Waals surface area contributed by atoms with Crippen molar-refractivity contribution in [1.82, 2.24) is 9.78 Å². The second-order valence-electron chi connectivity index (χ2n) is 4.16. The van der Waals surface area contributed by atoms with Gasteiger partial charge in [-0.05, 0) is 18.1 Å². The molecule has 0 saturated heterocycles. The maximum absolute atomic E-state index is 9.13. The average molecular weight is 226 g/mol. The van der Waals surface area contributed by atoms with Crippen LogP contribution in [0.4, 0.5) is 5.82 Å². The molecule has 0 amide bonds. The van der Waals surface area contributed by atoms with Crippen LogP contribution in [0.2, 0.25) is 0 Å². The van der Waals surface area contributed by atoms with Crippen molar-refractivity contribution in [1.29, 1.82) is 5.26 Å². The van der Waals surface area contributed by atoms with E-state index in [4.69, 9.17) is 11.0 Å². The Kier molecular flexibility index (Phi) is 2.84. The number of benzene rings is 1. The predicted molar refractivity (Wildman–Crippen MR) is 66.8 cm³/mol. The van der Waals surface area contributed by atoms with Crippen molar-refractivity contribution in [3.63, 3.8) is 0 Å². The van der Waals surface area contributed by atoms with Gasteiger partial charge < -0.3 is 5.73 Å². The van der Waals surface area contributed by atoms with Crippen molar-refractivity contribution >= 4 is 5.82 Å². The molecular formula is C13H14N4. The van der Waals surface area contributed by atoms with Crippen molar-refractivity contribution in [3.05, 3.63) is 41.6 Å². The van der Waals surface area contributed by atoms with Crippen LogP contribution in [0.15, 0.2) is 30.3 Å². The highest BCUT2D eigenvalue weighted by Gasteiger charge is 2.19. The molecule has 0 spiro atoms. The van der Waals surface area contributed by atoms with Crippen LogP contribution in [-0.4, -0.2) is 9.78 Å². The molecule has 0 radical (unpaired) electrons. The van der Waals surface area contributed by atoms with Crippen LogP contribution in [-0.2, 0) is 0 Å². The zero-order chi connectivity index (χ0) is 12.4. The smallest absolute Gasteiger partial charge is 0.164 e. The molecule has 1 heterocycles. The quantitative estimate of drug-likeness (QED) is 0.855. The molecule has 0 atom stereocenters. The summed E-state index contributed by atoms with van der Waals surface area (Å²) in [5.41, 5.74) is 8.03. The predicted octanol–water partition coefficient (Wildman–Crippen LogP) is 2.45. The number of hydrogen-bond acceptors (Lipinski definition) is 3. The summed E-state index contributed by atoms with van der Waals surface area (Å²) in [5, 5.41) is 13.4. The maximum atomic E-state index is 9.13. The van der Waals surface area contributed by atoms with Crippen LogP contribution in [0.3, 0.4) is 0 Å². The lowest BCUT2D eigenvalue weighted by molar-refractivity contribution is 0.734. The standard InChI is InChI=1S/C13H14N4/c1-9(2)12-11(8-14)13(15)16-17(12)10-6-4-3-5-7-10/h3-7,9H,1-2H3,(H2,15,16). The van der Waals surface area contributed by atoms with Gasteiger partial charge in [-0.2, -0.15) is 5.26 Å². The maximum Gasteiger partial charge on any atom is 0.164 e. The molecule has 0 aliphatic heterocycles. The minimum absolute atomic E-state index is 0.189. The summed E-state index contributed by atoms with van der Waals surface area (Å²) in [6, 6.07) is 11.8. The van der Waals surface area contributed by atoms with Gasteiger partial charge in [-0.25, -0.2) is 4.68 Å². The largest absolute Gasteiger partial charge is 0.381 e. The van der Waals surface area contributed by atoms with Crippen molar-refractivity contribution in [3.8, 4) is 11.8 Å². The zero-order valence-corrected chi connectivity index (χ0v) is 9.88. The zero-order valence-electron chi connectivity index (χ0n) is 9.88. The third kappa shape index (κ3) is 1.87. The topological polar surface area (TPSA) is 67.6 Å². The van der Waals surface area contributed by atoms with E-state index in [1.807, 2.05) is 44.2 Å². The number of aromatic nitrogens is 2. The van der Waals surface area contributed by atoms with Gasteiger partial charge >= 0.3 is 0 Å². The highest BCUT2D eigenvalue weighted by molar-refractivity contribution is 5.55. The van der Waals surface area contributed by atoms with Crippen LogP contribution >= 0.6 is 0 Å². The van der Waals surface area contributed by atoms with Gasteiger partial charge in [0.2, 0.25) is 0 Å². The van der Waals surface area contributed by atoms with Crippen LogP contribution in [0.1, 0.15) is 31.0 Å². The Labute approximate surface area is 100 Å². The molecule has 2 aromatic rings. The van der Waals surface area contributed by atoms with Crippen LogP contribution in [0.25, 0.3) is 5.69 Å². The van der Waals surface area contributed by atoms with Gasteiger partial charge in [0.25, 0.3) is 0 Å². The number of nitrogens with zero attached hydrogens (tertiary/aromatic N) is 3. The molecule has 0 bridgehead atoms. The SMILES string of the molecule is CC(C)c1c(C#N)c(N)nn1-c1ccccc1. The summed E-state index contributed by atoms with van der Waals surface area (Å²) in [6.45, 7) is 4.05. The highest BCUT2D eigenvalue weighted by atomic mass is 15.3. The summed E-state index contributed by atoms with van der Waals surface area (Å²) in [7, 11) is 0. The molecular weight excluding hydrogens is 212 g/mol. The Morgan fingerprint density at radius 1 is 1.29 bits per heavy atom. The molecule has 4 heteroatoms. The Morgan fingerprint density at radius 3 is 2.47 bits per heavy atom. The third-order valence-corrected chi connectivity index (χ3v) is 2.61. The van der Waals surface area contributed by atoms with Crippen LogP contribution in [0.5, 0.6) is 0 Å². The molecule has 2 N–H and O–H groups in total. The molecule has 0 fully saturated rings. The molecule has 1 aromatic heterocycles. The van der Waals surface area contributed by atoms with E-state index in [0.717, 1.165) is 11.4 Å². The van der Waals surface area contributed by atoms with Gasteiger partial charge in [0.05, 0.1) is 11.4 Å². The van der Waals surface area contributed by atoms with Crippen LogP contribution < -0.4 is 5.73 Å². The van der Waals surface area contributed by atoms with Gasteiger partial charge in [0.1, 0.15) is 11.6 Å². The highest BCUT2D eigenvalue weighted by Crippen LogP contribution is 2.26. The lowest BCUT2D eigenvalue weighted by atomic mass is 10.1. The summed E-state index contributed by atoms with van der Waals surface area (Å²) < 4.78 is 1.75. The molecule has 0 aliphatic carbocycles. The number of hydrogen-bond donors (Lipinski definition) is 1. The van der Waals surface area contributed by atoms with E-state index < -0.39 is 0 Å². The number of nitrogens with two attached hydrogens (primary N) is 1. The van der Waals surface area contributed by atoms with Crippen molar-refractivity contribution in [2.45, 2.75) is 19.8 Å². The second kappa shape index (κ2) is 4.30. The van der Waals surface area contributed by atoms with Gasteiger partial charge in [-0.3, -0.25) is 0 Å². The summed E-state index contributed by atoms with van der Waals surface area (Å²) in [4.78, 5) is 0. The Bertz CT molecular complexity index is 561. The fourth-order valence-electron chi connectivity index (χ4n) is 1.86. The lowest BCUT2D eigenvalue weighted by Crippen LogP contribution is -2.04. The van der Waals surface area contributed by atoms with E-state index in [1.165, 1.54) is 0 Å². The molecule has 17 heavy (non-hydrogen) atoms. The van der Waals surface area contributed by atoms with Crippen LogP contribution in [0, 0.1) is 11.3 Å². The first kappa shape index (κ1) is 11.2. The van der Waals surface area contributed by atoms with Crippen molar-refractivity contribution < 1.29 is 0 Å². The second-order valence-corrected chi connectivity index (χ2v) is 4.16. The molecule has 86 valence electrons. The number of nitrogen functional groups attached to an aromatic ring is 1. The van der Waals surface area contributed by atoms with Gasteiger partial charge in [0.15, 0.2) is 5.82 Å². The summed E-state index contributed by atoms with van der Waals surface area (Å²) in [6.07, 6.45) is 0. The fraction of sp³-hybridized carbons (Fsp3) is 0.231. The average Bonchev–Trinajstić information content (AvgIpc) is 2.67. The van der Waals surface area contributed by atoms with Gasteiger partial charge in [-0.15, -0.1) is 5.10 Å². The Balaban J connectivity index is 2.68. The van der Waals surface area contributed by atoms with Crippen molar-refractivity contribution in [2.75, 3.05) is 5.73 Å². The van der Waals surface area contributed by atoms with E-state index in [-0.39, 0.29) is 5.92 Å². The molecule has 0 saturated carbocycles. The van der Waals surface area contributed by atoms with E-state index in [9.17, 15) is 0 Å². The lowest BCUT2D eigenvalue weighted by Gasteiger charge is -2.10. The van der Waals surface area contributed by atoms with Crippen molar-refractivity contribution in [2.24, 2.45) is 0 Å². The minimum Gasteiger partial charge on any atom is -0.381 e. The summed E-state index contributed by atoms with van der Waals surface area (Å²) in [5.74, 6) is 0.481. The fourth-order valence-corrected chi connectivity index (χ4v) is 1.86. The Hall–Kier alpha value is -2.28. The third-order valence-electron chi connectivity index (χ3n) is 2.61. The summed E-state index contributed by atoms with van der Waals surface area (Å²) >= 11 is 0. The number of nitriles is 1. The Morgan fingerprint density at radius 2 is 1.94 bits per heavy atom. The normalized spacial score (nSPS) is 10.5. The molecule has 0 aliphatic rings. The molecule has 2 rings (SSSR count). The van der Waals surface area contributed by atoms with E-state index in [1.54, 1.807) is 4.68 Å². The monoisotopic (exact) mass is 226 g/mol. The van der Waals surface area contributed by atoms with Gasteiger partial charge in [0, 0.05) is 0 Å². The van der Waals surface area contributed by atoms with E-state index in [2.05, 4.69) is 11.2 Å². The number of rotatable bonds is 2.